The third kappa shape index (κ3) is 2.60. The van der Waals surface area contributed by atoms with Crippen molar-refractivity contribution in [2.75, 3.05) is 5.32 Å². The summed E-state index contributed by atoms with van der Waals surface area (Å²) >= 11 is 1.60. The van der Waals surface area contributed by atoms with Crippen molar-refractivity contribution in [1.29, 1.82) is 0 Å². The minimum Gasteiger partial charge on any atom is -0.377 e. The molecule has 6 nitrogen and oxygen atoms in total. The molecule has 0 saturated heterocycles. The maximum Gasteiger partial charge on any atom is 0.143 e. The van der Waals surface area contributed by atoms with E-state index in [0.29, 0.717) is 0 Å². The number of nitrogens with one attached hydrogen (secondary N) is 1. The Balaban J connectivity index is 1.80. The van der Waals surface area contributed by atoms with Crippen LogP contribution in [-0.4, -0.2) is 25.2 Å². The standard InChI is InChI=1S/C12H12N6S/c1-9(12-6-19-8-13-12)15-10-3-2-4-11(5-10)18-7-14-16-17-18/h2-9,15H,1H3. The predicted molar refractivity (Wildman–Crippen MR) is 73.3 cm³/mol. The number of hydrogen-bond donors (Lipinski definition) is 1. The highest BCUT2D eigenvalue weighted by atomic mass is 32.1. The van der Waals surface area contributed by atoms with E-state index < -0.39 is 0 Å². The maximum absolute atomic E-state index is 4.30. The molecule has 0 aliphatic rings. The van der Waals surface area contributed by atoms with Crippen LogP contribution in [-0.2, 0) is 0 Å². The lowest BCUT2D eigenvalue weighted by molar-refractivity contribution is 0.788. The van der Waals surface area contributed by atoms with Gasteiger partial charge < -0.3 is 5.32 Å². The van der Waals surface area contributed by atoms with E-state index >= 15 is 0 Å². The Bertz CT molecular complexity index is 634. The summed E-state index contributed by atoms with van der Waals surface area (Å²) in [6.07, 6.45) is 1.57. The van der Waals surface area contributed by atoms with Crippen LogP contribution in [0.25, 0.3) is 5.69 Å². The lowest BCUT2D eigenvalue weighted by atomic mass is 10.2. The highest BCUT2D eigenvalue weighted by molar-refractivity contribution is 7.07. The molecule has 1 unspecified atom stereocenters. The molecule has 0 fully saturated rings. The lowest BCUT2D eigenvalue weighted by Gasteiger charge is -2.13. The summed E-state index contributed by atoms with van der Waals surface area (Å²) in [6.45, 7) is 2.08. The summed E-state index contributed by atoms with van der Waals surface area (Å²) in [5.41, 5.74) is 4.80. The van der Waals surface area contributed by atoms with Crippen molar-refractivity contribution in [1.82, 2.24) is 25.2 Å². The van der Waals surface area contributed by atoms with Crippen molar-refractivity contribution in [2.45, 2.75) is 13.0 Å². The molecule has 19 heavy (non-hydrogen) atoms. The highest BCUT2D eigenvalue weighted by Crippen LogP contribution is 2.20. The van der Waals surface area contributed by atoms with Crippen LogP contribution in [0.4, 0.5) is 5.69 Å². The second kappa shape index (κ2) is 5.15. The van der Waals surface area contributed by atoms with Crippen LogP contribution in [0.1, 0.15) is 18.7 Å². The van der Waals surface area contributed by atoms with Crippen LogP contribution in [0.3, 0.4) is 0 Å². The van der Waals surface area contributed by atoms with E-state index in [2.05, 4.69) is 32.7 Å². The Hall–Kier alpha value is -2.28. The molecule has 7 heteroatoms. The first kappa shape index (κ1) is 11.8. The van der Waals surface area contributed by atoms with Crippen LogP contribution in [0.2, 0.25) is 0 Å². The van der Waals surface area contributed by atoms with Crippen molar-refractivity contribution < 1.29 is 0 Å². The molecule has 0 bridgehead atoms. The fourth-order valence-corrected chi connectivity index (χ4v) is 2.43. The molecule has 3 rings (SSSR count). The average molecular weight is 272 g/mol. The fraction of sp³-hybridized carbons (Fsp3) is 0.167. The van der Waals surface area contributed by atoms with Crippen LogP contribution < -0.4 is 5.32 Å². The molecule has 0 amide bonds. The normalized spacial score (nSPS) is 12.3. The second-order valence-corrected chi connectivity index (χ2v) is 4.80. The summed E-state index contributed by atoms with van der Waals surface area (Å²) < 4.78 is 1.62. The van der Waals surface area contributed by atoms with Crippen molar-refractivity contribution in [2.24, 2.45) is 0 Å². The topological polar surface area (TPSA) is 68.5 Å². The minimum absolute atomic E-state index is 0.162. The second-order valence-electron chi connectivity index (χ2n) is 4.08. The number of benzene rings is 1. The van der Waals surface area contributed by atoms with Gasteiger partial charge in [0.15, 0.2) is 0 Å². The molecule has 96 valence electrons. The molecule has 2 aromatic heterocycles. The van der Waals surface area contributed by atoms with Gasteiger partial charge in [0.25, 0.3) is 0 Å². The quantitative estimate of drug-likeness (QED) is 0.789. The Morgan fingerprint density at radius 1 is 1.37 bits per heavy atom. The predicted octanol–water partition coefficient (Wildman–Crippen LogP) is 2.29. The lowest BCUT2D eigenvalue weighted by Crippen LogP contribution is -2.07. The van der Waals surface area contributed by atoms with Gasteiger partial charge in [0.05, 0.1) is 22.9 Å². The van der Waals surface area contributed by atoms with E-state index in [9.17, 15) is 0 Å². The first-order valence-corrected chi connectivity index (χ1v) is 6.75. The largest absolute Gasteiger partial charge is 0.377 e. The van der Waals surface area contributed by atoms with Crippen molar-refractivity contribution in [3.8, 4) is 5.69 Å². The zero-order valence-electron chi connectivity index (χ0n) is 10.3. The van der Waals surface area contributed by atoms with Crippen LogP contribution >= 0.6 is 11.3 Å². The highest BCUT2D eigenvalue weighted by Gasteiger charge is 2.07. The van der Waals surface area contributed by atoms with Gasteiger partial charge in [-0.2, -0.15) is 0 Å². The van der Waals surface area contributed by atoms with Gasteiger partial charge in [-0.15, -0.1) is 16.4 Å². The monoisotopic (exact) mass is 272 g/mol. The Morgan fingerprint density at radius 3 is 3.05 bits per heavy atom. The number of thiazole rings is 1. The van der Waals surface area contributed by atoms with E-state index in [-0.39, 0.29) is 6.04 Å². The molecule has 1 atom stereocenters. The number of nitrogens with zero attached hydrogens (tertiary/aromatic N) is 5. The summed E-state index contributed by atoms with van der Waals surface area (Å²) in [5.74, 6) is 0. The van der Waals surface area contributed by atoms with E-state index in [1.54, 1.807) is 22.3 Å². The van der Waals surface area contributed by atoms with Gasteiger partial charge in [0.2, 0.25) is 0 Å². The molecular weight excluding hydrogens is 260 g/mol. The molecule has 0 aliphatic carbocycles. The van der Waals surface area contributed by atoms with E-state index in [1.165, 1.54) is 0 Å². The number of anilines is 1. The number of aromatic nitrogens is 5. The zero-order chi connectivity index (χ0) is 13.1. The molecular formula is C12H12N6S. The molecule has 1 aromatic carbocycles. The number of tetrazole rings is 1. The van der Waals surface area contributed by atoms with Crippen LogP contribution in [0.15, 0.2) is 41.5 Å². The SMILES string of the molecule is CC(Nc1cccc(-n2cnnn2)c1)c1cscn1. The maximum atomic E-state index is 4.30. The minimum atomic E-state index is 0.162. The fourth-order valence-electron chi connectivity index (χ4n) is 1.78. The van der Waals surface area contributed by atoms with Crippen LogP contribution in [0.5, 0.6) is 0 Å². The molecule has 2 heterocycles. The van der Waals surface area contributed by atoms with Gasteiger partial charge in [0, 0.05) is 11.1 Å². The smallest absolute Gasteiger partial charge is 0.143 e. The van der Waals surface area contributed by atoms with Gasteiger partial charge in [-0.1, -0.05) is 6.07 Å². The van der Waals surface area contributed by atoms with Gasteiger partial charge in [0.1, 0.15) is 6.33 Å². The molecule has 1 N–H and O–H groups in total. The Kier molecular flexibility index (Phi) is 3.20. The van der Waals surface area contributed by atoms with Gasteiger partial charge in [-0.05, 0) is 35.5 Å². The zero-order valence-corrected chi connectivity index (χ0v) is 11.1. The third-order valence-electron chi connectivity index (χ3n) is 2.74. The van der Waals surface area contributed by atoms with Gasteiger partial charge >= 0.3 is 0 Å². The summed E-state index contributed by atoms with van der Waals surface area (Å²) in [5, 5.41) is 16.6. The number of rotatable bonds is 4. The van der Waals surface area contributed by atoms with Crippen molar-refractivity contribution >= 4 is 17.0 Å². The Labute approximate surface area is 114 Å². The number of hydrogen-bond acceptors (Lipinski definition) is 6. The van der Waals surface area contributed by atoms with Gasteiger partial charge in [-0.3, -0.25) is 0 Å². The molecule has 0 saturated carbocycles. The van der Waals surface area contributed by atoms with Crippen LogP contribution in [0, 0.1) is 0 Å². The van der Waals surface area contributed by atoms with Crippen molar-refractivity contribution in [3.05, 3.63) is 47.2 Å². The van der Waals surface area contributed by atoms with E-state index in [0.717, 1.165) is 17.1 Å². The summed E-state index contributed by atoms with van der Waals surface area (Å²) in [7, 11) is 0. The molecule has 0 radical (unpaired) electrons. The molecule has 0 spiro atoms. The Morgan fingerprint density at radius 2 is 2.32 bits per heavy atom. The molecule has 3 aromatic rings. The molecule has 0 aliphatic heterocycles. The summed E-state index contributed by atoms with van der Waals surface area (Å²) in [6, 6.07) is 8.09. The summed E-state index contributed by atoms with van der Waals surface area (Å²) in [4.78, 5) is 4.30. The van der Waals surface area contributed by atoms with E-state index in [1.807, 2.05) is 35.2 Å². The van der Waals surface area contributed by atoms with E-state index in [4.69, 9.17) is 0 Å². The first-order valence-electron chi connectivity index (χ1n) is 5.81. The van der Waals surface area contributed by atoms with Crippen molar-refractivity contribution in [3.63, 3.8) is 0 Å². The van der Waals surface area contributed by atoms with Gasteiger partial charge in [-0.25, -0.2) is 9.67 Å². The third-order valence-corrected chi connectivity index (χ3v) is 3.34. The average Bonchev–Trinajstić information content (AvgIpc) is 3.13. The first-order chi connectivity index (χ1) is 9.33.